The number of nitrogens with one attached hydrogen (secondary N) is 2. The molecule has 4 aromatic heterocycles. The van der Waals surface area contributed by atoms with Crippen molar-refractivity contribution >= 4 is 77.9 Å². The van der Waals surface area contributed by atoms with Crippen LogP contribution in [0.2, 0.25) is 0 Å². The van der Waals surface area contributed by atoms with E-state index in [1.807, 2.05) is 23.0 Å². The third-order valence-corrected chi connectivity index (χ3v) is 14.0. The third-order valence-electron chi connectivity index (χ3n) is 11.4. The minimum atomic E-state index is -3.51. The minimum Gasteiger partial charge on any atom is -0.354 e. The van der Waals surface area contributed by atoms with Gasteiger partial charge in [-0.1, -0.05) is 0 Å². The van der Waals surface area contributed by atoms with E-state index in [1.165, 1.54) is 12.4 Å². The van der Waals surface area contributed by atoms with E-state index in [0.717, 1.165) is 57.2 Å². The highest BCUT2D eigenvalue weighted by atomic mass is 79.9. The summed E-state index contributed by atoms with van der Waals surface area (Å²) in [5.41, 5.74) is 2.75. The maximum Gasteiger partial charge on any atom is 0.263 e. The largest absolute Gasteiger partial charge is 0.354 e. The fourth-order valence-corrected chi connectivity index (χ4v) is 10.3. The number of fused-ring (bicyclic) bond motifs is 2. The summed E-state index contributed by atoms with van der Waals surface area (Å²) < 4.78 is 28.8. The van der Waals surface area contributed by atoms with Crippen molar-refractivity contribution in [3.05, 3.63) is 70.2 Å². The highest BCUT2D eigenvalue weighted by molar-refractivity contribution is 9.10. The number of pyridine rings is 1. The van der Waals surface area contributed by atoms with Gasteiger partial charge in [0.25, 0.3) is 21.8 Å². The average Bonchev–Trinajstić information content (AvgIpc) is 3.75. The number of aromatic nitrogens is 7. The van der Waals surface area contributed by atoms with Crippen LogP contribution in [0.3, 0.4) is 0 Å². The summed E-state index contributed by atoms with van der Waals surface area (Å²) in [7, 11) is -1.45. The van der Waals surface area contributed by atoms with E-state index in [4.69, 9.17) is 10.1 Å². The Balaban J connectivity index is 0.866. The number of rotatable bonds is 11. The second kappa shape index (κ2) is 14.9. The van der Waals surface area contributed by atoms with Crippen molar-refractivity contribution in [2.75, 3.05) is 30.4 Å². The first-order chi connectivity index (χ1) is 28.3. The zero-order valence-corrected chi connectivity index (χ0v) is 34.9. The zero-order chi connectivity index (χ0) is 41.3. The maximum absolute atomic E-state index is 13.5. The summed E-state index contributed by atoms with van der Waals surface area (Å²) in [6.07, 6.45) is 9.51. The van der Waals surface area contributed by atoms with Gasteiger partial charge in [0.05, 0.1) is 45.2 Å². The van der Waals surface area contributed by atoms with Crippen LogP contribution in [0, 0.1) is 0 Å². The molecule has 306 valence electrons. The van der Waals surface area contributed by atoms with Crippen molar-refractivity contribution in [3.63, 3.8) is 0 Å². The number of piperidine rings is 2. The maximum atomic E-state index is 13.5. The van der Waals surface area contributed by atoms with Gasteiger partial charge in [-0.3, -0.25) is 39.0 Å². The zero-order valence-electron chi connectivity index (χ0n) is 32.5. The molecule has 20 heteroatoms. The molecule has 3 aliphatic heterocycles. The molecule has 0 spiro atoms. The molecule has 2 saturated heterocycles. The number of hydrogen-bond acceptors (Lipinski definition) is 14. The predicted molar refractivity (Wildman–Crippen MR) is 219 cm³/mol. The van der Waals surface area contributed by atoms with Crippen LogP contribution < -0.4 is 15.5 Å². The summed E-state index contributed by atoms with van der Waals surface area (Å²) in [5, 5.41) is 15.2. The van der Waals surface area contributed by atoms with E-state index in [2.05, 4.69) is 72.3 Å². The molecule has 2 N–H and O–H groups in total. The Bertz CT molecular complexity index is 2670. The quantitative estimate of drug-likeness (QED) is 0.180. The van der Waals surface area contributed by atoms with Gasteiger partial charge in [-0.2, -0.15) is 14.3 Å². The van der Waals surface area contributed by atoms with Crippen LogP contribution in [0.4, 0.5) is 17.5 Å². The van der Waals surface area contributed by atoms with Crippen molar-refractivity contribution in [1.82, 2.24) is 49.0 Å². The summed E-state index contributed by atoms with van der Waals surface area (Å²) >= 11 is 3.51. The van der Waals surface area contributed by atoms with Crippen LogP contribution >= 0.6 is 15.9 Å². The van der Waals surface area contributed by atoms with Crippen LogP contribution in [-0.2, 0) is 26.2 Å². The second-order valence-electron chi connectivity index (χ2n) is 15.8. The number of hydrogen-bond donors (Lipinski definition) is 2. The van der Waals surface area contributed by atoms with E-state index < -0.39 is 39.7 Å². The number of anilines is 3. The van der Waals surface area contributed by atoms with Gasteiger partial charge in [0.15, 0.2) is 11.6 Å². The molecule has 0 bridgehead atoms. The number of imide groups is 2. The van der Waals surface area contributed by atoms with Crippen molar-refractivity contribution in [1.29, 1.82) is 0 Å². The summed E-state index contributed by atoms with van der Waals surface area (Å²) in [5.74, 6) is 0.128. The summed E-state index contributed by atoms with van der Waals surface area (Å²) in [6, 6.07) is 6.56. The van der Waals surface area contributed by atoms with Crippen molar-refractivity contribution < 1.29 is 27.6 Å². The van der Waals surface area contributed by atoms with Crippen molar-refractivity contribution in [2.45, 2.75) is 82.3 Å². The van der Waals surface area contributed by atoms with Crippen molar-refractivity contribution in [2.24, 2.45) is 0 Å². The van der Waals surface area contributed by atoms with Crippen LogP contribution in [0.25, 0.3) is 22.3 Å². The van der Waals surface area contributed by atoms with Gasteiger partial charge in [0.1, 0.15) is 17.7 Å². The molecule has 4 amide bonds. The Hall–Kier alpha value is -5.60. The molecule has 1 aromatic carbocycles. The first-order valence-electron chi connectivity index (χ1n) is 19.5. The molecule has 1 aliphatic carbocycles. The standard InChI is InChI=1S/C39H41BrN12O6S/c1-21(2)52-30-16-32(44-31-8-11-41-35(45-31)23-17-43-50(20-23)59(57,58)25-4-5-25)42-18-27(30)36(47-52)49-12-9-24(10-13-49)48(3)19-22-14-26-34(28(40)15-22)39(56)51(38(26)55)29-6-7-33(53)46-37(29)54/h8,11,14-18,20-21,24-25,29H,4-7,9-10,12-13,19H2,1-3H3,(H,46,53,54)(H,41,42,44,45). The Labute approximate surface area is 347 Å². The molecule has 18 nitrogen and oxygen atoms in total. The molecule has 0 radical (unpaired) electrons. The molecular weight excluding hydrogens is 844 g/mol. The number of nitrogens with zero attached hydrogens (tertiary/aromatic N) is 10. The number of halogens is 1. The highest BCUT2D eigenvalue weighted by Gasteiger charge is 2.46. The van der Waals surface area contributed by atoms with Crippen molar-refractivity contribution in [3.8, 4) is 11.4 Å². The summed E-state index contributed by atoms with van der Waals surface area (Å²) in [6.45, 7) is 6.24. The molecule has 9 rings (SSSR count). The molecule has 1 saturated carbocycles. The van der Waals surface area contributed by atoms with Gasteiger partial charge in [-0.15, -0.1) is 0 Å². The van der Waals surface area contributed by atoms with E-state index in [9.17, 15) is 27.6 Å². The van der Waals surface area contributed by atoms with Gasteiger partial charge in [0.2, 0.25) is 11.8 Å². The van der Waals surface area contributed by atoms with E-state index in [-0.39, 0.29) is 41.3 Å². The SMILES string of the molecule is CC(C)n1nc(N2CCC(N(C)Cc3cc(Br)c4c(c3)C(=O)N(C3CCC(=O)NC3=O)C4=O)CC2)c2cnc(Nc3ccnc(-c4cnn(S(=O)(=O)C5CC5)c4)n3)cc21. The highest BCUT2D eigenvalue weighted by Crippen LogP contribution is 2.36. The number of carbonyl (C=O) groups excluding carboxylic acids is 4. The molecule has 7 heterocycles. The Morgan fingerprint density at radius 1 is 0.983 bits per heavy atom. The lowest BCUT2D eigenvalue weighted by Gasteiger charge is -2.37. The van der Waals surface area contributed by atoms with Crippen LogP contribution in [0.1, 0.15) is 84.7 Å². The number of carbonyl (C=O) groups is 4. The molecule has 5 aromatic rings. The molecular formula is C39H41BrN12O6S. The van der Waals surface area contributed by atoms with Crippen LogP contribution in [0.5, 0.6) is 0 Å². The third kappa shape index (κ3) is 7.15. The van der Waals surface area contributed by atoms with E-state index in [1.54, 1.807) is 18.3 Å². The van der Waals surface area contributed by atoms with Gasteiger partial charge < -0.3 is 10.2 Å². The molecule has 59 heavy (non-hydrogen) atoms. The lowest BCUT2D eigenvalue weighted by molar-refractivity contribution is -0.136. The number of amides is 4. The lowest BCUT2D eigenvalue weighted by Crippen LogP contribution is -2.54. The fourth-order valence-electron chi connectivity index (χ4n) is 8.12. The smallest absolute Gasteiger partial charge is 0.263 e. The Kier molecular flexibility index (Phi) is 9.82. The van der Waals surface area contributed by atoms with Gasteiger partial charge in [-0.25, -0.2) is 23.4 Å². The lowest BCUT2D eigenvalue weighted by atomic mass is 10.0. The Morgan fingerprint density at radius 3 is 2.49 bits per heavy atom. The van der Waals surface area contributed by atoms with E-state index in [0.29, 0.717) is 46.9 Å². The average molecular weight is 886 g/mol. The fraction of sp³-hybridized carbons (Fsp3) is 0.410. The van der Waals surface area contributed by atoms with Gasteiger partial charge >= 0.3 is 0 Å². The second-order valence-corrected chi connectivity index (χ2v) is 18.7. The molecule has 3 fully saturated rings. The normalized spacial score (nSPS) is 19.1. The van der Waals surface area contributed by atoms with E-state index >= 15 is 0 Å². The van der Waals surface area contributed by atoms with Crippen LogP contribution in [-0.4, -0.2) is 113 Å². The first-order valence-corrected chi connectivity index (χ1v) is 21.8. The van der Waals surface area contributed by atoms with Gasteiger partial charge in [0, 0.05) is 61.1 Å². The predicted octanol–water partition coefficient (Wildman–Crippen LogP) is 4.01. The molecule has 1 atom stereocenters. The minimum absolute atomic E-state index is 0.0620. The van der Waals surface area contributed by atoms with Gasteiger partial charge in [-0.05, 0) is 92.7 Å². The molecule has 1 unspecified atom stereocenters. The summed E-state index contributed by atoms with van der Waals surface area (Å²) in [4.78, 5) is 70.3. The Morgan fingerprint density at radius 2 is 1.76 bits per heavy atom. The number of benzene rings is 1. The van der Waals surface area contributed by atoms with Crippen LogP contribution in [0.15, 0.2) is 53.5 Å². The first kappa shape index (κ1) is 38.9. The topological polar surface area (TPSA) is 211 Å². The molecule has 4 aliphatic rings. The monoisotopic (exact) mass is 884 g/mol.